The van der Waals surface area contributed by atoms with E-state index in [0.717, 1.165) is 25.4 Å². The maximum atomic E-state index is 4.62. The molecule has 1 aliphatic heterocycles. The van der Waals surface area contributed by atoms with Gasteiger partial charge in [-0.3, -0.25) is 4.68 Å². The molecule has 2 heterocycles. The van der Waals surface area contributed by atoms with Gasteiger partial charge in [0, 0.05) is 18.3 Å². The average Bonchev–Trinajstić information content (AvgIpc) is 2.74. The van der Waals surface area contributed by atoms with Crippen molar-refractivity contribution < 1.29 is 0 Å². The van der Waals surface area contributed by atoms with E-state index < -0.39 is 0 Å². The Morgan fingerprint density at radius 2 is 2.24 bits per heavy atom. The summed E-state index contributed by atoms with van der Waals surface area (Å²) in [4.78, 5) is 0. The molecule has 0 radical (unpaired) electrons. The van der Waals surface area contributed by atoms with Gasteiger partial charge in [-0.2, -0.15) is 5.10 Å². The Balaban J connectivity index is 1.99. The number of aromatic nitrogens is 2. The molecule has 3 nitrogen and oxygen atoms in total. The van der Waals surface area contributed by atoms with Crippen LogP contribution in [-0.4, -0.2) is 22.4 Å². The van der Waals surface area contributed by atoms with Gasteiger partial charge in [-0.25, -0.2) is 0 Å². The minimum Gasteiger partial charge on any atom is -0.314 e. The van der Waals surface area contributed by atoms with Gasteiger partial charge in [0.15, 0.2) is 0 Å². The smallest absolute Gasteiger partial charge is 0.0624 e. The Hall–Kier alpha value is -0.830. The minimum absolute atomic E-state index is 0.702. The summed E-state index contributed by atoms with van der Waals surface area (Å²) >= 11 is 0. The van der Waals surface area contributed by atoms with Crippen LogP contribution in [0, 0.1) is 5.92 Å². The Kier molecular flexibility index (Phi) is 4.21. The first kappa shape index (κ1) is 12.6. The highest BCUT2D eigenvalue weighted by Gasteiger charge is 2.19. The van der Waals surface area contributed by atoms with Crippen molar-refractivity contribution in [3.63, 3.8) is 0 Å². The largest absolute Gasteiger partial charge is 0.314 e. The van der Waals surface area contributed by atoms with E-state index in [4.69, 9.17) is 0 Å². The third-order valence-electron chi connectivity index (χ3n) is 3.84. The van der Waals surface area contributed by atoms with Crippen LogP contribution in [-0.2, 0) is 19.4 Å². The molecule has 2 atom stereocenters. The average molecular weight is 235 g/mol. The standard InChI is InChI=1S/C14H25N3/c1-4-13-9-14(17(5-2)16-13)8-12-7-6-11(3)15-10-12/h9,11-12,15H,4-8,10H2,1-3H3. The van der Waals surface area contributed by atoms with E-state index in [1.165, 1.54) is 30.7 Å². The van der Waals surface area contributed by atoms with Crippen molar-refractivity contribution >= 4 is 0 Å². The molecule has 1 aromatic heterocycles. The van der Waals surface area contributed by atoms with Crippen LogP contribution >= 0.6 is 0 Å². The Morgan fingerprint density at radius 1 is 1.41 bits per heavy atom. The van der Waals surface area contributed by atoms with E-state index in [9.17, 15) is 0 Å². The van der Waals surface area contributed by atoms with Gasteiger partial charge in [-0.05, 0) is 58.1 Å². The van der Waals surface area contributed by atoms with Crippen molar-refractivity contribution in [2.24, 2.45) is 5.92 Å². The van der Waals surface area contributed by atoms with Gasteiger partial charge < -0.3 is 5.32 Å². The van der Waals surface area contributed by atoms with Gasteiger partial charge in [0.1, 0.15) is 0 Å². The first-order valence-corrected chi connectivity index (χ1v) is 7.01. The highest BCUT2D eigenvalue weighted by Crippen LogP contribution is 2.19. The Morgan fingerprint density at radius 3 is 2.82 bits per heavy atom. The summed E-state index contributed by atoms with van der Waals surface area (Å²) in [6.45, 7) is 8.79. The van der Waals surface area contributed by atoms with E-state index in [1.54, 1.807) is 0 Å². The summed E-state index contributed by atoms with van der Waals surface area (Å²) in [5.74, 6) is 0.790. The molecule has 1 N–H and O–H groups in total. The van der Waals surface area contributed by atoms with Gasteiger partial charge >= 0.3 is 0 Å². The molecule has 1 aromatic rings. The molecule has 0 aromatic carbocycles. The Labute approximate surface area is 105 Å². The number of hydrogen-bond acceptors (Lipinski definition) is 2. The number of piperidine rings is 1. The van der Waals surface area contributed by atoms with Crippen LogP contribution in [0.3, 0.4) is 0 Å². The zero-order chi connectivity index (χ0) is 12.3. The fourth-order valence-electron chi connectivity index (χ4n) is 2.65. The monoisotopic (exact) mass is 235 g/mol. The van der Waals surface area contributed by atoms with Crippen LogP contribution in [0.4, 0.5) is 0 Å². The molecule has 96 valence electrons. The van der Waals surface area contributed by atoms with Gasteiger partial charge in [0.05, 0.1) is 5.69 Å². The van der Waals surface area contributed by atoms with Gasteiger partial charge in [-0.1, -0.05) is 6.92 Å². The molecule has 1 aliphatic rings. The van der Waals surface area contributed by atoms with E-state index in [0.29, 0.717) is 6.04 Å². The van der Waals surface area contributed by atoms with Crippen molar-refractivity contribution in [1.82, 2.24) is 15.1 Å². The molecule has 2 rings (SSSR count). The van der Waals surface area contributed by atoms with E-state index in [-0.39, 0.29) is 0 Å². The lowest BCUT2D eigenvalue weighted by atomic mass is 9.91. The molecular formula is C14H25N3. The minimum atomic E-state index is 0.702. The highest BCUT2D eigenvalue weighted by molar-refractivity contribution is 5.11. The molecular weight excluding hydrogens is 210 g/mol. The SMILES string of the molecule is CCc1cc(CC2CCC(C)NC2)n(CC)n1. The first-order chi connectivity index (χ1) is 8.22. The van der Waals surface area contributed by atoms with Crippen LogP contribution in [0.2, 0.25) is 0 Å². The predicted molar refractivity (Wildman–Crippen MR) is 71.2 cm³/mol. The van der Waals surface area contributed by atoms with Crippen molar-refractivity contribution in [1.29, 1.82) is 0 Å². The summed E-state index contributed by atoms with van der Waals surface area (Å²) in [6.07, 6.45) is 4.89. The predicted octanol–water partition coefficient (Wildman–Crippen LogP) is 2.40. The third kappa shape index (κ3) is 3.09. The lowest BCUT2D eigenvalue weighted by Gasteiger charge is -2.27. The van der Waals surface area contributed by atoms with Crippen molar-refractivity contribution in [2.75, 3.05) is 6.54 Å². The van der Waals surface area contributed by atoms with Crippen LogP contribution in [0.25, 0.3) is 0 Å². The van der Waals surface area contributed by atoms with Crippen molar-refractivity contribution in [2.45, 2.75) is 59.0 Å². The van der Waals surface area contributed by atoms with E-state index in [2.05, 4.69) is 41.9 Å². The second-order valence-corrected chi connectivity index (χ2v) is 5.25. The number of hydrogen-bond donors (Lipinski definition) is 1. The molecule has 0 bridgehead atoms. The highest BCUT2D eigenvalue weighted by atomic mass is 15.3. The fraction of sp³-hybridized carbons (Fsp3) is 0.786. The second-order valence-electron chi connectivity index (χ2n) is 5.25. The summed E-state index contributed by atoms with van der Waals surface area (Å²) in [7, 11) is 0. The van der Waals surface area contributed by atoms with Crippen LogP contribution in [0.5, 0.6) is 0 Å². The lowest BCUT2D eigenvalue weighted by molar-refractivity contribution is 0.317. The fourth-order valence-corrected chi connectivity index (χ4v) is 2.65. The quantitative estimate of drug-likeness (QED) is 0.868. The molecule has 17 heavy (non-hydrogen) atoms. The van der Waals surface area contributed by atoms with Crippen LogP contribution < -0.4 is 5.32 Å². The van der Waals surface area contributed by atoms with E-state index >= 15 is 0 Å². The topological polar surface area (TPSA) is 29.9 Å². The Bertz CT molecular complexity index is 348. The van der Waals surface area contributed by atoms with Crippen LogP contribution in [0.15, 0.2) is 6.07 Å². The molecule has 0 spiro atoms. The zero-order valence-electron chi connectivity index (χ0n) is 11.4. The molecule has 1 fully saturated rings. The summed E-state index contributed by atoms with van der Waals surface area (Å²) in [6, 6.07) is 3.00. The third-order valence-corrected chi connectivity index (χ3v) is 3.84. The molecule has 2 unspecified atom stereocenters. The van der Waals surface area contributed by atoms with E-state index in [1.807, 2.05) is 0 Å². The number of rotatable bonds is 4. The number of nitrogens with one attached hydrogen (secondary N) is 1. The summed E-state index contributed by atoms with van der Waals surface area (Å²) in [5.41, 5.74) is 2.66. The van der Waals surface area contributed by atoms with Gasteiger partial charge in [-0.15, -0.1) is 0 Å². The number of nitrogens with zero attached hydrogens (tertiary/aromatic N) is 2. The van der Waals surface area contributed by atoms with Gasteiger partial charge in [0.25, 0.3) is 0 Å². The second kappa shape index (κ2) is 5.67. The maximum absolute atomic E-state index is 4.62. The summed E-state index contributed by atoms with van der Waals surface area (Å²) in [5, 5.41) is 8.20. The lowest BCUT2D eigenvalue weighted by Crippen LogP contribution is -2.37. The van der Waals surface area contributed by atoms with Crippen molar-refractivity contribution in [3.8, 4) is 0 Å². The molecule has 3 heteroatoms. The summed E-state index contributed by atoms with van der Waals surface area (Å²) < 4.78 is 2.18. The van der Waals surface area contributed by atoms with Gasteiger partial charge in [0.2, 0.25) is 0 Å². The zero-order valence-corrected chi connectivity index (χ0v) is 11.4. The maximum Gasteiger partial charge on any atom is 0.0624 e. The molecule has 1 saturated heterocycles. The number of aryl methyl sites for hydroxylation is 2. The molecule has 0 amide bonds. The van der Waals surface area contributed by atoms with Crippen molar-refractivity contribution in [3.05, 3.63) is 17.5 Å². The molecule has 0 aliphatic carbocycles. The molecule has 0 saturated carbocycles. The van der Waals surface area contributed by atoms with Crippen LogP contribution in [0.1, 0.15) is 45.0 Å². The normalized spacial score (nSPS) is 25.1. The first-order valence-electron chi connectivity index (χ1n) is 7.01.